The highest BCUT2D eigenvalue weighted by Crippen LogP contribution is 2.25. The summed E-state index contributed by atoms with van der Waals surface area (Å²) in [5.41, 5.74) is 4.00. The van der Waals surface area contributed by atoms with Gasteiger partial charge in [-0.15, -0.1) is 0 Å². The van der Waals surface area contributed by atoms with E-state index in [4.69, 9.17) is 16.3 Å². The minimum Gasteiger partial charge on any atom is -0.493 e. The molecule has 1 amide bonds. The monoisotopic (exact) mass is 496 g/mol. The molecule has 1 atom stereocenters. The third-order valence-electron chi connectivity index (χ3n) is 5.99. The van der Waals surface area contributed by atoms with Crippen LogP contribution in [-0.4, -0.2) is 51.5 Å². The predicted molar refractivity (Wildman–Crippen MR) is 138 cm³/mol. The first kappa shape index (κ1) is 25.2. The number of aliphatic hydroxyl groups excluding tert-OH is 1. The number of β-amino-alcohol motifs (C(OH)–C–C–N with tert-alkyl or cyclic N) is 1. The van der Waals surface area contributed by atoms with Crippen LogP contribution in [0.5, 0.6) is 5.75 Å². The number of hydrogen-bond donors (Lipinski definition) is 2. The van der Waals surface area contributed by atoms with Crippen LogP contribution in [0.4, 0.5) is 5.69 Å². The van der Waals surface area contributed by atoms with E-state index in [2.05, 4.69) is 29.2 Å². The molecular weight excluding hydrogens is 464 g/mol. The number of ether oxygens (including phenoxy) is 1. The van der Waals surface area contributed by atoms with Crippen molar-refractivity contribution < 1.29 is 14.6 Å². The lowest BCUT2D eigenvalue weighted by Gasteiger charge is -2.15. The van der Waals surface area contributed by atoms with E-state index >= 15 is 0 Å². The zero-order chi connectivity index (χ0) is 24.9. The number of benzene rings is 2. The summed E-state index contributed by atoms with van der Waals surface area (Å²) in [5, 5.41) is 17.8. The van der Waals surface area contributed by atoms with Crippen molar-refractivity contribution in [2.24, 2.45) is 5.92 Å². The first-order valence-electron chi connectivity index (χ1n) is 12.0. The zero-order valence-electron chi connectivity index (χ0n) is 20.5. The van der Waals surface area contributed by atoms with Crippen LogP contribution < -0.4 is 10.1 Å². The molecule has 1 aliphatic rings. The lowest BCUT2D eigenvalue weighted by atomic mass is 10.2. The molecule has 0 aliphatic carbocycles. The van der Waals surface area contributed by atoms with Gasteiger partial charge in [0.1, 0.15) is 5.75 Å². The topological polar surface area (TPSA) is 79.6 Å². The molecule has 7 nitrogen and oxygen atoms in total. The second kappa shape index (κ2) is 11.2. The van der Waals surface area contributed by atoms with Crippen LogP contribution in [0.15, 0.2) is 48.5 Å². The summed E-state index contributed by atoms with van der Waals surface area (Å²) in [4.78, 5) is 15.1. The molecule has 0 unspecified atom stereocenters. The van der Waals surface area contributed by atoms with E-state index in [0.717, 1.165) is 42.1 Å². The van der Waals surface area contributed by atoms with Crippen LogP contribution in [0, 0.1) is 12.8 Å². The molecule has 0 bridgehead atoms. The van der Waals surface area contributed by atoms with Gasteiger partial charge in [-0.2, -0.15) is 5.10 Å². The summed E-state index contributed by atoms with van der Waals surface area (Å²) in [6.45, 7) is 9.60. The number of amides is 1. The van der Waals surface area contributed by atoms with E-state index < -0.39 is 0 Å². The molecular formula is C27H33ClN4O3. The van der Waals surface area contributed by atoms with Crippen LogP contribution >= 0.6 is 11.6 Å². The molecule has 1 saturated heterocycles. The van der Waals surface area contributed by atoms with Crippen LogP contribution in [0.25, 0.3) is 0 Å². The minimum atomic E-state index is -0.260. The number of aryl methyl sites for hydroxylation is 1. The molecule has 8 heteroatoms. The highest BCUT2D eigenvalue weighted by atomic mass is 35.5. The fourth-order valence-corrected chi connectivity index (χ4v) is 4.31. The second-order valence-corrected chi connectivity index (χ2v) is 10.1. The number of nitrogens with one attached hydrogen (secondary N) is 1. The van der Waals surface area contributed by atoms with Gasteiger partial charge < -0.3 is 15.2 Å². The molecule has 0 radical (unpaired) electrons. The van der Waals surface area contributed by atoms with Crippen molar-refractivity contribution in [2.45, 2.75) is 46.4 Å². The van der Waals surface area contributed by atoms with Gasteiger partial charge in [0.2, 0.25) is 0 Å². The fourth-order valence-electron chi connectivity index (χ4n) is 4.11. The lowest BCUT2D eigenvalue weighted by Crippen LogP contribution is -2.21. The van der Waals surface area contributed by atoms with Crippen molar-refractivity contribution in [3.63, 3.8) is 0 Å². The highest BCUT2D eigenvalue weighted by molar-refractivity contribution is 6.30. The highest BCUT2D eigenvalue weighted by Gasteiger charge is 2.20. The first-order chi connectivity index (χ1) is 16.8. The number of halogens is 1. The summed E-state index contributed by atoms with van der Waals surface area (Å²) < 4.78 is 7.75. The van der Waals surface area contributed by atoms with Gasteiger partial charge >= 0.3 is 0 Å². The van der Waals surface area contributed by atoms with Gasteiger partial charge in [-0.1, -0.05) is 37.6 Å². The maximum absolute atomic E-state index is 12.9. The molecule has 2 heterocycles. The summed E-state index contributed by atoms with van der Waals surface area (Å²) in [5.74, 6) is 0.916. The van der Waals surface area contributed by atoms with E-state index in [1.54, 1.807) is 10.7 Å². The number of nitrogens with zero attached hydrogens (tertiary/aromatic N) is 3. The molecule has 1 aliphatic heterocycles. The largest absolute Gasteiger partial charge is 0.493 e. The average Bonchev–Trinajstić information content (AvgIpc) is 3.39. The zero-order valence-corrected chi connectivity index (χ0v) is 21.3. The van der Waals surface area contributed by atoms with Crippen molar-refractivity contribution >= 4 is 23.2 Å². The number of rotatable bonds is 9. The van der Waals surface area contributed by atoms with E-state index in [1.807, 2.05) is 49.4 Å². The normalized spacial score (nSPS) is 16.1. The lowest BCUT2D eigenvalue weighted by molar-refractivity contribution is 0.102. The molecule has 186 valence electrons. The molecule has 0 spiro atoms. The maximum Gasteiger partial charge on any atom is 0.276 e. The number of anilines is 1. The Balaban J connectivity index is 1.40. The van der Waals surface area contributed by atoms with Crippen molar-refractivity contribution in [3.8, 4) is 5.75 Å². The number of carbonyl (C=O) groups is 1. The average molecular weight is 497 g/mol. The summed E-state index contributed by atoms with van der Waals surface area (Å²) in [6, 6.07) is 15.1. The SMILES string of the molecule is Cc1cc(C(=O)Nc2ccc(CN3CC[C@@H](O)C3)cc2)nn1Cc1cc(Cl)ccc1OCC(C)C. The van der Waals surface area contributed by atoms with Gasteiger partial charge in [-0.05, 0) is 61.2 Å². The molecule has 1 aromatic heterocycles. The molecule has 0 saturated carbocycles. The van der Waals surface area contributed by atoms with Gasteiger partial charge in [0.05, 0.1) is 19.3 Å². The number of aliphatic hydroxyl groups is 1. The third-order valence-corrected chi connectivity index (χ3v) is 6.23. The van der Waals surface area contributed by atoms with Crippen LogP contribution in [0.1, 0.15) is 47.6 Å². The van der Waals surface area contributed by atoms with Crippen molar-refractivity contribution in [3.05, 3.63) is 76.1 Å². The number of likely N-dealkylation sites (tertiary alicyclic amines) is 1. The Morgan fingerprint density at radius 1 is 1.20 bits per heavy atom. The van der Waals surface area contributed by atoms with E-state index in [0.29, 0.717) is 42.0 Å². The van der Waals surface area contributed by atoms with Crippen molar-refractivity contribution in [2.75, 3.05) is 25.0 Å². The Labute approximate surface area is 211 Å². The Morgan fingerprint density at radius 3 is 2.66 bits per heavy atom. The fraction of sp³-hybridized carbons (Fsp3) is 0.407. The number of hydrogen-bond acceptors (Lipinski definition) is 5. The Bertz CT molecular complexity index is 1160. The van der Waals surface area contributed by atoms with Crippen LogP contribution in [-0.2, 0) is 13.1 Å². The van der Waals surface area contributed by atoms with Gasteiger partial charge in [0.25, 0.3) is 5.91 Å². The Kier molecular flexibility index (Phi) is 8.11. The third kappa shape index (κ3) is 6.84. The van der Waals surface area contributed by atoms with E-state index in [-0.39, 0.29) is 12.0 Å². The van der Waals surface area contributed by atoms with Gasteiger partial charge in [0, 0.05) is 41.6 Å². The van der Waals surface area contributed by atoms with E-state index in [1.165, 1.54) is 0 Å². The summed E-state index contributed by atoms with van der Waals surface area (Å²) in [6.07, 6.45) is 0.596. The smallest absolute Gasteiger partial charge is 0.276 e. The van der Waals surface area contributed by atoms with Crippen LogP contribution in [0.3, 0.4) is 0 Å². The van der Waals surface area contributed by atoms with Crippen LogP contribution in [0.2, 0.25) is 5.02 Å². The number of carbonyl (C=O) groups excluding carboxylic acids is 1. The molecule has 2 N–H and O–H groups in total. The van der Waals surface area contributed by atoms with Gasteiger partial charge in [-0.25, -0.2) is 0 Å². The van der Waals surface area contributed by atoms with Gasteiger partial charge in [-0.3, -0.25) is 14.4 Å². The maximum atomic E-state index is 12.9. The Morgan fingerprint density at radius 2 is 1.97 bits per heavy atom. The molecule has 2 aromatic carbocycles. The quantitative estimate of drug-likeness (QED) is 0.447. The van der Waals surface area contributed by atoms with E-state index in [9.17, 15) is 9.90 Å². The molecule has 4 rings (SSSR count). The van der Waals surface area contributed by atoms with Crippen molar-refractivity contribution in [1.29, 1.82) is 0 Å². The number of aromatic nitrogens is 2. The Hall–Kier alpha value is -2.87. The van der Waals surface area contributed by atoms with Crippen molar-refractivity contribution in [1.82, 2.24) is 14.7 Å². The second-order valence-electron chi connectivity index (χ2n) is 9.61. The summed E-state index contributed by atoms with van der Waals surface area (Å²) >= 11 is 6.23. The first-order valence-corrected chi connectivity index (χ1v) is 12.4. The predicted octanol–water partition coefficient (Wildman–Crippen LogP) is 4.75. The van der Waals surface area contributed by atoms with Gasteiger partial charge in [0.15, 0.2) is 5.69 Å². The minimum absolute atomic E-state index is 0.227. The summed E-state index contributed by atoms with van der Waals surface area (Å²) in [7, 11) is 0. The molecule has 3 aromatic rings. The molecule has 1 fully saturated rings. The molecule has 35 heavy (non-hydrogen) atoms. The standard InChI is InChI=1S/C27H33ClN4O3/c1-18(2)17-35-26-9-6-22(28)13-21(26)15-32-19(3)12-25(30-32)27(34)29-23-7-4-20(5-8-23)14-31-11-10-24(33)16-31/h4-9,12-13,18,24,33H,10-11,14-17H2,1-3H3,(H,29,34)/t24-/m1/s1.